The zero-order valence-electron chi connectivity index (χ0n) is 12.5. The van der Waals surface area contributed by atoms with Gasteiger partial charge in [0.15, 0.2) is 0 Å². The summed E-state index contributed by atoms with van der Waals surface area (Å²) in [5.41, 5.74) is 5.16. The summed E-state index contributed by atoms with van der Waals surface area (Å²) in [6, 6.07) is 7.63. The number of carbonyl (C=O) groups excluding carboxylic acids is 1. The standard InChI is InChI=1S/C16H21N3O/c1-11-7-5-6-8-14(11)16(20)17-10-9-15-12(2)18-19(4)13(15)3/h5-8H,9-10H2,1-4H3,(H,17,20). The van der Waals surface area contributed by atoms with E-state index in [1.165, 1.54) is 5.56 Å². The van der Waals surface area contributed by atoms with E-state index in [4.69, 9.17) is 0 Å². The lowest BCUT2D eigenvalue weighted by Crippen LogP contribution is -2.26. The topological polar surface area (TPSA) is 46.9 Å². The van der Waals surface area contributed by atoms with Gasteiger partial charge in [0.05, 0.1) is 5.69 Å². The van der Waals surface area contributed by atoms with Crippen LogP contribution in [-0.4, -0.2) is 22.2 Å². The Morgan fingerprint density at radius 2 is 1.95 bits per heavy atom. The van der Waals surface area contributed by atoms with Gasteiger partial charge in [-0.25, -0.2) is 0 Å². The number of rotatable bonds is 4. The van der Waals surface area contributed by atoms with Crippen molar-refractivity contribution < 1.29 is 4.79 Å². The molecule has 0 radical (unpaired) electrons. The van der Waals surface area contributed by atoms with Crippen molar-refractivity contribution in [3.05, 3.63) is 52.3 Å². The highest BCUT2D eigenvalue weighted by molar-refractivity contribution is 5.95. The van der Waals surface area contributed by atoms with Crippen molar-refractivity contribution in [1.82, 2.24) is 15.1 Å². The SMILES string of the molecule is Cc1ccccc1C(=O)NCCc1c(C)nn(C)c1C. The lowest BCUT2D eigenvalue weighted by molar-refractivity contribution is 0.0953. The second-order valence-corrected chi connectivity index (χ2v) is 5.09. The number of aryl methyl sites for hydroxylation is 3. The minimum atomic E-state index is -0.0118. The number of hydrogen-bond donors (Lipinski definition) is 1. The predicted molar refractivity (Wildman–Crippen MR) is 79.9 cm³/mol. The molecular formula is C16H21N3O. The minimum absolute atomic E-state index is 0.0118. The van der Waals surface area contributed by atoms with E-state index in [1.54, 1.807) is 0 Å². The fourth-order valence-electron chi connectivity index (χ4n) is 2.40. The van der Waals surface area contributed by atoms with Crippen LogP contribution in [0.25, 0.3) is 0 Å². The fourth-order valence-corrected chi connectivity index (χ4v) is 2.40. The fraction of sp³-hybridized carbons (Fsp3) is 0.375. The van der Waals surface area contributed by atoms with E-state index in [9.17, 15) is 4.79 Å². The lowest BCUT2D eigenvalue weighted by atomic mass is 10.1. The van der Waals surface area contributed by atoms with E-state index in [2.05, 4.69) is 17.3 Å². The number of benzene rings is 1. The summed E-state index contributed by atoms with van der Waals surface area (Å²) < 4.78 is 1.88. The van der Waals surface area contributed by atoms with E-state index in [0.717, 1.165) is 28.9 Å². The monoisotopic (exact) mass is 271 g/mol. The molecule has 0 aliphatic rings. The first-order valence-corrected chi connectivity index (χ1v) is 6.83. The second-order valence-electron chi connectivity index (χ2n) is 5.09. The van der Waals surface area contributed by atoms with Gasteiger partial charge in [-0.1, -0.05) is 18.2 Å². The summed E-state index contributed by atoms with van der Waals surface area (Å²) in [6.45, 7) is 6.63. The number of nitrogens with one attached hydrogen (secondary N) is 1. The van der Waals surface area contributed by atoms with Crippen LogP contribution < -0.4 is 5.32 Å². The molecule has 4 heteroatoms. The molecule has 1 aromatic carbocycles. The Morgan fingerprint density at radius 3 is 2.55 bits per heavy atom. The lowest BCUT2D eigenvalue weighted by Gasteiger charge is -2.08. The van der Waals surface area contributed by atoms with Crippen LogP contribution in [-0.2, 0) is 13.5 Å². The molecular weight excluding hydrogens is 250 g/mol. The van der Waals surface area contributed by atoms with Gasteiger partial charge in [0.25, 0.3) is 5.91 Å². The molecule has 0 aliphatic carbocycles. The average molecular weight is 271 g/mol. The number of aromatic nitrogens is 2. The Hall–Kier alpha value is -2.10. The van der Waals surface area contributed by atoms with E-state index in [0.29, 0.717) is 6.54 Å². The smallest absolute Gasteiger partial charge is 0.251 e. The predicted octanol–water partition coefficient (Wildman–Crippen LogP) is 2.32. The summed E-state index contributed by atoms with van der Waals surface area (Å²) in [5, 5.41) is 7.36. The molecule has 2 aromatic rings. The van der Waals surface area contributed by atoms with E-state index >= 15 is 0 Å². The van der Waals surface area contributed by atoms with Gasteiger partial charge < -0.3 is 5.32 Å². The quantitative estimate of drug-likeness (QED) is 0.927. The summed E-state index contributed by atoms with van der Waals surface area (Å²) >= 11 is 0. The Kier molecular flexibility index (Phi) is 4.23. The van der Waals surface area contributed by atoms with E-state index in [-0.39, 0.29) is 5.91 Å². The third-order valence-corrected chi connectivity index (χ3v) is 3.71. The summed E-state index contributed by atoms with van der Waals surface area (Å²) in [5.74, 6) is -0.0118. The second kappa shape index (κ2) is 5.90. The van der Waals surface area contributed by atoms with Gasteiger partial charge in [-0.2, -0.15) is 5.10 Å². The first-order valence-electron chi connectivity index (χ1n) is 6.83. The van der Waals surface area contributed by atoms with Gasteiger partial charge >= 0.3 is 0 Å². The van der Waals surface area contributed by atoms with Crippen LogP contribution in [0.2, 0.25) is 0 Å². The zero-order chi connectivity index (χ0) is 14.7. The highest BCUT2D eigenvalue weighted by Gasteiger charge is 2.11. The maximum Gasteiger partial charge on any atom is 0.251 e. The van der Waals surface area contributed by atoms with Crippen LogP contribution in [0.3, 0.4) is 0 Å². The van der Waals surface area contributed by atoms with Gasteiger partial charge in [0.1, 0.15) is 0 Å². The summed E-state index contributed by atoms with van der Waals surface area (Å²) in [4.78, 5) is 12.1. The molecule has 106 valence electrons. The first-order chi connectivity index (χ1) is 9.50. The van der Waals surface area contributed by atoms with Gasteiger partial charge in [-0.05, 0) is 44.4 Å². The number of hydrogen-bond acceptors (Lipinski definition) is 2. The molecule has 1 heterocycles. The Morgan fingerprint density at radius 1 is 1.25 bits per heavy atom. The van der Waals surface area contributed by atoms with Crippen LogP contribution in [0, 0.1) is 20.8 Å². The third kappa shape index (κ3) is 2.90. The van der Waals surface area contributed by atoms with Gasteiger partial charge in [-0.15, -0.1) is 0 Å². The van der Waals surface area contributed by atoms with Crippen LogP contribution in [0.5, 0.6) is 0 Å². The molecule has 0 unspecified atom stereocenters. The third-order valence-electron chi connectivity index (χ3n) is 3.71. The molecule has 1 N–H and O–H groups in total. The largest absolute Gasteiger partial charge is 0.352 e. The zero-order valence-corrected chi connectivity index (χ0v) is 12.5. The van der Waals surface area contributed by atoms with Gasteiger partial charge in [0, 0.05) is 24.8 Å². The molecule has 0 atom stereocenters. The van der Waals surface area contributed by atoms with Crippen molar-refractivity contribution in [3.63, 3.8) is 0 Å². The number of amides is 1. The van der Waals surface area contributed by atoms with Crippen molar-refractivity contribution in [3.8, 4) is 0 Å². The van der Waals surface area contributed by atoms with Crippen molar-refractivity contribution in [2.24, 2.45) is 7.05 Å². The number of nitrogens with zero attached hydrogens (tertiary/aromatic N) is 2. The highest BCUT2D eigenvalue weighted by atomic mass is 16.1. The molecule has 0 spiro atoms. The normalized spacial score (nSPS) is 10.6. The van der Waals surface area contributed by atoms with E-state index < -0.39 is 0 Å². The van der Waals surface area contributed by atoms with Crippen molar-refractivity contribution >= 4 is 5.91 Å². The van der Waals surface area contributed by atoms with E-state index in [1.807, 2.05) is 49.8 Å². The van der Waals surface area contributed by atoms with Crippen LogP contribution in [0.15, 0.2) is 24.3 Å². The highest BCUT2D eigenvalue weighted by Crippen LogP contribution is 2.12. The maximum absolute atomic E-state index is 12.1. The Bertz CT molecular complexity index is 629. The Labute approximate surface area is 119 Å². The van der Waals surface area contributed by atoms with Crippen LogP contribution in [0.1, 0.15) is 32.9 Å². The molecule has 1 amide bonds. The van der Waals surface area contributed by atoms with Crippen LogP contribution >= 0.6 is 0 Å². The molecule has 1 aromatic heterocycles. The van der Waals surface area contributed by atoms with Crippen LogP contribution in [0.4, 0.5) is 0 Å². The van der Waals surface area contributed by atoms with Gasteiger partial charge in [0.2, 0.25) is 0 Å². The molecule has 2 rings (SSSR count). The molecule has 4 nitrogen and oxygen atoms in total. The molecule has 0 bridgehead atoms. The van der Waals surface area contributed by atoms with Crippen molar-refractivity contribution in [2.75, 3.05) is 6.54 Å². The minimum Gasteiger partial charge on any atom is -0.352 e. The number of carbonyl (C=O) groups is 1. The summed E-state index contributed by atoms with van der Waals surface area (Å²) in [6.07, 6.45) is 0.809. The molecule has 0 saturated heterocycles. The maximum atomic E-state index is 12.1. The molecule has 20 heavy (non-hydrogen) atoms. The average Bonchev–Trinajstić information content (AvgIpc) is 2.65. The first kappa shape index (κ1) is 14.3. The molecule has 0 aliphatic heterocycles. The molecule has 0 saturated carbocycles. The van der Waals surface area contributed by atoms with Crippen molar-refractivity contribution in [1.29, 1.82) is 0 Å². The summed E-state index contributed by atoms with van der Waals surface area (Å²) in [7, 11) is 1.94. The van der Waals surface area contributed by atoms with Gasteiger partial charge in [-0.3, -0.25) is 9.48 Å². The molecule has 0 fully saturated rings. The van der Waals surface area contributed by atoms with Crippen molar-refractivity contribution in [2.45, 2.75) is 27.2 Å². The Balaban J connectivity index is 1.97.